The molecule has 1 fully saturated rings. The lowest BCUT2D eigenvalue weighted by molar-refractivity contribution is 0.122. The number of hydrogen-bond acceptors (Lipinski definition) is 7. The molecule has 0 atom stereocenters. The molecule has 8 nitrogen and oxygen atoms in total. The Labute approximate surface area is 157 Å². The molecule has 1 saturated heterocycles. The summed E-state index contributed by atoms with van der Waals surface area (Å²) in [4.78, 5) is 11.1. The summed E-state index contributed by atoms with van der Waals surface area (Å²) in [5.74, 6) is 2.99. The van der Waals surface area contributed by atoms with E-state index < -0.39 is 0 Å². The highest BCUT2D eigenvalue weighted by Gasteiger charge is 2.16. The van der Waals surface area contributed by atoms with Crippen molar-refractivity contribution in [1.29, 1.82) is 0 Å². The molecule has 1 aromatic carbocycles. The second-order valence-electron chi connectivity index (χ2n) is 6.19. The number of pyridine rings is 1. The molecule has 3 N–H and O–H groups in total. The largest absolute Gasteiger partial charge is 0.486 e. The number of aromatic nitrogens is 4. The first-order valence-electron chi connectivity index (χ1n) is 8.94. The molecule has 0 aliphatic carbocycles. The first kappa shape index (κ1) is 17.4. The van der Waals surface area contributed by atoms with Gasteiger partial charge in [0.25, 0.3) is 0 Å². The number of aromatic amines is 1. The van der Waals surface area contributed by atoms with E-state index in [1.54, 1.807) is 0 Å². The summed E-state index contributed by atoms with van der Waals surface area (Å²) in [7, 11) is 0. The number of hydrogen-bond donors (Lipinski definition) is 2. The summed E-state index contributed by atoms with van der Waals surface area (Å²) < 4.78 is 11.2. The molecule has 2 aromatic heterocycles. The van der Waals surface area contributed by atoms with Crippen LogP contribution in [0.2, 0.25) is 0 Å². The minimum Gasteiger partial charge on any atom is -0.486 e. The molecule has 0 spiro atoms. The number of nitrogens with one attached hydrogen (secondary N) is 1. The van der Waals surface area contributed by atoms with Crippen LogP contribution in [0.1, 0.15) is 11.6 Å². The van der Waals surface area contributed by atoms with E-state index in [2.05, 4.69) is 31.1 Å². The third-order valence-electron chi connectivity index (χ3n) is 4.40. The maximum atomic E-state index is 5.77. The molecule has 0 unspecified atom stereocenters. The van der Waals surface area contributed by atoms with Gasteiger partial charge in [0.2, 0.25) is 0 Å². The Morgan fingerprint density at radius 2 is 1.96 bits per heavy atom. The Kier molecular flexibility index (Phi) is 5.27. The highest BCUT2D eigenvalue weighted by molar-refractivity contribution is 5.76. The van der Waals surface area contributed by atoms with Crippen molar-refractivity contribution in [2.24, 2.45) is 5.73 Å². The first-order valence-corrected chi connectivity index (χ1v) is 8.94. The fourth-order valence-corrected chi connectivity index (χ4v) is 3.02. The van der Waals surface area contributed by atoms with Crippen LogP contribution in [0.4, 0.5) is 5.82 Å². The number of anilines is 1. The topological polar surface area (TPSA) is 102 Å². The van der Waals surface area contributed by atoms with Crippen molar-refractivity contribution in [2.75, 3.05) is 31.2 Å². The fraction of sp³-hybridized carbons (Fsp3) is 0.316. The highest BCUT2D eigenvalue weighted by atomic mass is 16.5. The van der Waals surface area contributed by atoms with Gasteiger partial charge < -0.3 is 20.1 Å². The fourth-order valence-electron chi connectivity index (χ4n) is 3.02. The van der Waals surface area contributed by atoms with Gasteiger partial charge in [-0.05, 0) is 29.8 Å². The second kappa shape index (κ2) is 8.15. The van der Waals surface area contributed by atoms with Crippen molar-refractivity contribution in [3.05, 3.63) is 54.2 Å². The highest BCUT2D eigenvalue weighted by Crippen LogP contribution is 2.30. The van der Waals surface area contributed by atoms with Crippen LogP contribution in [0, 0.1) is 0 Å². The van der Waals surface area contributed by atoms with Gasteiger partial charge >= 0.3 is 0 Å². The Balaban J connectivity index is 1.47. The van der Waals surface area contributed by atoms with Gasteiger partial charge in [-0.15, -0.1) is 0 Å². The van der Waals surface area contributed by atoms with Gasteiger partial charge in [0.1, 0.15) is 18.2 Å². The van der Waals surface area contributed by atoms with Crippen LogP contribution in [0.5, 0.6) is 5.75 Å². The SMILES string of the molecule is NCc1n[nH]c(COc2ccc(-c3cccnc3N3CCOCC3)cc2)n1. The van der Waals surface area contributed by atoms with Crippen molar-refractivity contribution < 1.29 is 9.47 Å². The van der Waals surface area contributed by atoms with Gasteiger partial charge in [-0.1, -0.05) is 12.1 Å². The summed E-state index contributed by atoms with van der Waals surface area (Å²) in [6, 6.07) is 12.0. The number of nitrogens with zero attached hydrogens (tertiary/aromatic N) is 4. The molecule has 0 radical (unpaired) electrons. The van der Waals surface area contributed by atoms with Crippen LogP contribution < -0.4 is 15.4 Å². The Hall–Kier alpha value is -2.97. The maximum absolute atomic E-state index is 5.77. The molecule has 1 aliphatic rings. The lowest BCUT2D eigenvalue weighted by atomic mass is 10.1. The predicted octanol–water partition coefficient (Wildman–Crippen LogP) is 1.74. The van der Waals surface area contributed by atoms with E-state index in [9.17, 15) is 0 Å². The van der Waals surface area contributed by atoms with E-state index in [1.165, 1.54) is 0 Å². The maximum Gasteiger partial charge on any atom is 0.164 e. The van der Waals surface area contributed by atoms with Crippen LogP contribution in [0.15, 0.2) is 42.6 Å². The molecule has 8 heteroatoms. The summed E-state index contributed by atoms with van der Waals surface area (Å²) >= 11 is 0. The standard InChI is InChI=1S/C19H22N6O2/c20-12-17-22-18(24-23-17)13-27-15-5-3-14(4-6-15)16-2-1-7-21-19(16)25-8-10-26-11-9-25/h1-7H,8-13,20H2,(H,22,23,24). The number of H-pyrrole nitrogens is 1. The van der Waals surface area contributed by atoms with E-state index in [4.69, 9.17) is 15.2 Å². The molecule has 3 aromatic rings. The predicted molar refractivity (Wildman–Crippen MR) is 101 cm³/mol. The van der Waals surface area contributed by atoms with Crippen molar-refractivity contribution in [3.8, 4) is 16.9 Å². The van der Waals surface area contributed by atoms with Gasteiger partial charge in [0, 0.05) is 24.8 Å². The summed E-state index contributed by atoms with van der Waals surface area (Å²) in [6.07, 6.45) is 1.83. The van der Waals surface area contributed by atoms with Crippen molar-refractivity contribution in [3.63, 3.8) is 0 Å². The van der Waals surface area contributed by atoms with Gasteiger partial charge in [-0.3, -0.25) is 5.10 Å². The molecule has 3 heterocycles. The Morgan fingerprint density at radius 1 is 1.15 bits per heavy atom. The summed E-state index contributed by atoms with van der Waals surface area (Å²) in [5.41, 5.74) is 7.71. The van der Waals surface area contributed by atoms with E-state index in [-0.39, 0.29) is 0 Å². The van der Waals surface area contributed by atoms with E-state index in [1.807, 2.05) is 36.5 Å². The molecule has 1 aliphatic heterocycles. The van der Waals surface area contributed by atoms with Crippen LogP contribution in [-0.4, -0.2) is 46.5 Å². The number of rotatable bonds is 6. The normalized spacial score (nSPS) is 14.3. The minimum absolute atomic E-state index is 0.307. The molecule has 27 heavy (non-hydrogen) atoms. The minimum atomic E-state index is 0.307. The Bertz CT molecular complexity index is 874. The average molecular weight is 366 g/mol. The molecule has 0 saturated carbocycles. The second-order valence-corrected chi connectivity index (χ2v) is 6.19. The number of nitrogens with two attached hydrogens (primary N) is 1. The number of benzene rings is 1. The summed E-state index contributed by atoms with van der Waals surface area (Å²) in [5, 5.41) is 6.81. The number of morpholine rings is 1. The van der Waals surface area contributed by atoms with E-state index >= 15 is 0 Å². The monoisotopic (exact) mass is 366 g/mol. The average Bonchev–Trinajstić information content (AvgIpc) is 3.21. The third-order valence-corrected chi connectivity index (χ3v) is 4.40. The Morgan fingerprint density at radius 3 is 2.70 bits per heavy atom. The zero-order valence-electron chi connectivity index (χ0n) is 15.0. The lowest BCUT2D eigenvalue weighted by Crippen LogP contribution is -2.37. The molecular formula is C19H22N6O2. The zero-order valence-corrected chi connectivity index (χ0v) is 15.0. The van der Waals surface area contributed by atoms with Gasteiger partial charge in [-0.2, -0.15) is 5.10 Å². The molecule has 140 valence electrons. The first-order chi connectivity index (χ1) is 13.3. The van der Waals surface area contributed by atoms with Gasteiger partial charge in [0.15, 0.2) is 11.6 Å². The van der Waals surface area contributed by atoms with Gasteiger partial charge in [0.05, 0.1) is 19.8 Å². The smallest absolute Gasteiger partial charge is 0.164 e. The lowest BCUT2D eigenvalue weighted by Gasteiger charge is -2.29. The summed E-state index contributed by atoms with van der Waals surface area (Å²) in [6.45, 7) is 3.80. The third kappa shape index (κ3) is 4.07. The zero-order chi connectivity index (χ0) is 18.5. The van der Waals surface area contributed by atoms with Crippen LogP contribution in [0.3, 0.4) is 0 Å². The van der Waals surface area contributed by atoms with Gasteiger partial charge in [-0.25, -0.2) is 9.97 Å². The van der Waals surface area contributed by atoms with Crippen LogP contribution >= 0.6 is 0 Å². The van der Waals surface area contributed by atoms with E-state index in [0.29, 0.717) is 24.8 Å². The van der Waals surface area contributed by atoms with Crippen LogP contribution in [-0.2, 0) is 17.9 Å². The van der Waals surface area contributed by atoms with E-state index in [0.717, 1.165) is 49.0 Å². The molecule has 0 amide bonds. The number of ether oxygens (including phenoxy) is 2. The quantitative estimate of drug-likeness (QED) is 0.685. The molecule has 4 rings (SSSR count). The van der Waals surface area contributed by atoms with Crippen LogP contribution in [0.25, 0.3) is 11.1 Å². The van der Waals surface area contributed by atoms with Crippen molar-refractivity contribution in [2.45, 2.75) is 13.2 Å². The van der Waals surface area contributed by atoms with Crippen molar-refractivity contribution >= 4 is 5.82 Å². The van der Waals surface area contributed by atoms with Crippen molar-refractivity contribution in [1.82, 2.24) is 20.2 Å². The molecular weight excluding hydrogens is 344 g/mol. The molecule has 0 bridgehead atoms.